The van der Waals surface area contributed by atoms with E-state index in [1.54, 1.807) is 31.2 Å². The van der Waals surface area contributed by atoms with E-state index in [0.717, 1.165) is 5.56 Å². The molecule has 0 bridgehead atoms. The van der Waals surface area contributed by atoms with Gasteiger partial charge in [0.2, 0.25) is 5.91 Å². The van der Waals surface area contributed by atoms with Gasteiger partial charge in [0, 0.05) is 35.3 Å². The van der Waals surface area contributed by atoms with Crippen LogP contribution in [-0.4, -0.2) is 48.1 Å². The Kier molecular flexibility index (Phi) is 7.45. The van der Waals surface area contributed by atoms with Gasteiger partial charge in [-0.25, -0.2) is 19.2 Å². The summed E-state index contributed by atoms with van der Waals surface area (Å²) in [4.78, 5) is 34.6. The van der Waals surface area contributed by atoms with Crippen LogP contribution in [0.1, 0.15) is 29.8 Å². The van der Waals surface area contributed by atoms with Crippen LogP contribution in [0.3, 0.4) is 0 Å². The first-order chi connectivity index (χ1) is 16.9. The van der Waals surface area contributed by atoms with Crippen molar-refractivity contribution in [2.75, 3.05) is 36.5 Å². The lowest BCUT2D eigenvalue weighted by Gasteiger charge is -2.18. The number of ether oxygens (including phenoxy) is 2. The lowest BCUT2D eigenvalue weighted by molar-refractivity contribution is -0.117. The molecule has 1 aromatic heterocycles. The van der Waals surface area contributed by atoms with Crippen molar-refractivity contribution >= 4 is 35.0 Å². The van der Waals surface area contributed by atoms with Crippen LogP contribution in [0, 0.1) is 5.82 Å². The summed E-state index contributed by atoms with van der Waals surface area (Å²) in [6.45, 7) is 4.80. The van der Waals surface area contributed by atoms with E-state index in [2.05, 4.69) is 15.3 Å². The Bertz CT molecular complexity index is 1270. The molecular formula is C25H24ClFN4O4. The summed E-state index contributed by atoms with van der Waals surface area (Å²) < 4.78 is 25.1. The molecule has 0 unspecified atom stereocenters. The van der Waals surface area contributed by atoms with Crippen molar-refractivity contribution in [2.45, 2.75) is 20.3 Å². The van der Waals surface area contributed by atoms with Crippen molar-refractivity contribution in [2.24, 2.45) is 0 Å². The molecule has 8 nitrogen and oxygen atoms in total. The molecule has 0 atom stereocenters. The van der Waals surface area contributed by atoms with Crippen LogP contribution in [-0.2, 0) is 16.0 Å². The minimum Gasteiger partial charge on any atom is -0.493 e. The first kappa shape index (κ1) is 24.4. The summed E-state index contributed by atoms with van der Waals surface area (Å²) in [6.07, 6.45) is 1.49. The average Bonchev–Trinajstić information content (AvgIpc) is 3.19. The van der Waals surface area contributed by atoms with Gasteiger partial charge in [-0.2, -0.15) is 0 Å². The Morgan fingerprint density at radius 3 is 2.77 bits per heavy atom. The highest BCUT2D eigenvalue weighted by molar-refractivity contribution is 6.32. The van der Waals surface area contributed by atoms with Crippen molar-refractivity contribution in [3.63, 3.8) is 0 Å². The molecule has 3 aromatic rings. The summed E-state index contributed by atoms with van der Waals surface area (Å²) in [5.74, 6) is -0.203. The van der Waals surface area contributed by atoms with Crippen LogP contribution in [0.5, 0.6) is 5.75 Å². The van der Waals surface area contributed by atoms with Crippen molar-refractivity contribution in [3.8, 4) is 17.0 Å². The number of carbonyl (C=O) groups excluding carboxylic acids is 2. The molecule has 1 aliphatic rings. The molecule has 0 fully saturated rings. The molecule has 0 saturated carbocycles. The molecule has 0 radical (unpaired) electrons. The molecule has 1 N–H and O–H groups in total. The van der Waals surface area contributed by atoms with Gasteiger partial charge in [-0.05, 0) is 38.1 Å². The highest BCUT2D eigenvalue weighted by atomic mass is 35.5. The zero-order chi connectivity index (χ0) is 24.9. The van der Waals surface area contributed by atoms with Gasteiger partial charge in [0.05, 0.1) is 31.0 Å². The topological polar surface area (TPSA) is 93.7 Å². The number of nitrogens with zero attached hydrogens (tertiary/aromatic N) is 3. The predicted octanol–water partition coefficient (Wildman–Crippen LogP) is 4.51. The van der Waals surface area contributed by atoms with E-state index < -0.39 is 11.8 Å². The molecule has 182 valence electrons. The second kappa shape index (κ2) is 10.7. The van der Waals surface area contributed by atoms with E-state index in [4.69, 9.17) is 21.1 Å². The molecule has 1 aliphatic heterocycles. The Hall–Kier alpha value is -3.72. The lowest BCUT2D eigenvalue weighted by atomic mass is 10.1. The Labute approximate surface area is 207 Å². The third-order valence-electron chi connectivity index (χ3n) is 5.46. The number of fused-ring (bicyclic) bond motifs is 1. The number of nitrogens with one attached hydrogen (secondary N) is 1. The van der Waals surface area contributed by atoms with E-state index in [-0.39, 0.29) is 31.2 Å². The molecule has 2 aromatic carbocycles. The molecule has 4 rings (SSSR count). The summed E-state index contributed by atoms with van der Waals surface area (Å²) in [6, 6.07) is 9.60. The highest BCUT2D eigenvalue weighted by Crippen LogP contribution is 2.36. The largest absolute Gasteiger partial charge is 0.493 e. The second-order valence-corrected chi connectivity index (χ2v) is 8.07. The minimum absolute atomic E-state index is 0.0769. The lowest BCUT2D eigenvalue weighted by Crippen LogP contribution is -2.32. The smallest absolute Gasteiger partial charge is 0.341 e. The van der Waals surface area contributed by atoms with Gasteiger partial charge in [0.25, 0.3) is 0 Å². The molecule has 2 heterocycles. The SMILES string of the molecule is CCOC(=O)c1ccc(-c2cc(NCCN3C(=O)Cc4c(Cl)ccc(F)c43)ncn2)cc1OCC. The van der Waals surface area contributed by atoms with Crippen LogP contribution < -0.4 is 15.0 Å². The zero-order valence-electron chi connectivity index (χ0n) is 19.3. The number of esters is 1. The fourth-order valence-electron chi connectivity index (χ4n) is 3.89. The number of aromatic nitrogens is 2. The number of benzene rings is 2. The standard InChI is InChI=1S/C25H24ClFN4O4/c1-3-34-21-11-15(5-6-16(21)25(33)35-4-2)20-13-22(30-14-29-20)28-9-10-31-23(32)12-17-18(26)7-8-19(27)24(17)31/h5-8,11,13-14H,3-4,9-10,12H2,1-2H3,(H,28,29,30). The third kappa shape index (κ3) is 5.19. The van der Waals surface area contributed by atoms with Crippen molar-refractivity contribution in [3.05, 3.63) is 64.7 Å². The van der Waals surface area contributed by atoms with Crippen molar-refractivity contribution in [1.29, 1.82) is 0 Å². The Morgan fingerprint density at radius 2 is 2.00 bits per heavy atom. The Balaban J connectivity index is 1.48. The number of hydrogen-bond donors (Lipinski definition) is 1. The Morgan fingerprint density at radius 1 is 1.17 bits per heavy atom. The highest BCUT2D eigenvalue weighted by Gasteiger charge is 2.31. The third-order valence-corrected chi connectivity index (χ3v) is 5.81. The van der Waals surface area contributed by atoms with E-state index >= 15 is 0 Å². The monoisotopic (exact) mass is 498 g/mol. The number of halogens is 2. The molecule has 10 heteroatoms. The van der Waals surface area contributed by atoms with Gasteiger partial charge < -0.3 is 19.7 Å². The van der Waals surface area contributed by atoms with Crippen molar-refractivity contribution in [1.82, 2.24) is 9.97 Å². The number of rotatable bonds is 9. The predicted molar refractivity (Wildman–Crippen MR) is 131 cm³/mol. The number of amides is 1. The number of anilines is 2. The number of hydrogen-bond acceptors (Lipinski definition) is 7. The number of carbonyl (C=O) groups is 2. The van der Waals surface area contributed by atoms with Crippen molar-refractivity contribution < 1.29 is 23.5 Å². The first-order valence-electron chi connectivity index (χ1n) is 11.2. The molecular weight excluding hydrogens is 475 g/mol. The van der Waals surface area contributed by atoms with Crippen LogP contribution in [0.2, 0.25) is 5.02 Å². The first-order valence-corrected chi connectivity index (χ1v) is 11.6. The van der Waals surface area contributed by atoms with Gasteiger partial charge in [0.15, 0.2) is 0 Å². The fourth-order valence-corrected chi connectivity index (χ4v) is 4.11. The molecule has 0 aliphatic carbocycles. The van der Waals surface area contributed by atoms with Crippen LogP contribution in [0.4, 0.5) is 15.9 Å². The molecule has 35 heavy (non-hydrogen) atoms. The van der Waals surface area contributed by atoms with Gasteiger partial charge in [0.1, 0.15) is 29.3 Å². The van der Waals surface area contributed by atoms with Gasteiger partial charge in [-0.3, -0.25) is 4.79 Å². The molecule has 1 amide bonds. The summed E-state index contributed by atoms with van der Waals surface area (Å²) in [5.41, 5.74) is 2.43. The molecule has 0 saturated heterocycles. The maximum atomic E-state index is 14.4. The zero-order valence-corrected chi connectivity index (χ0v) is 20.1. The van der Waals surface area contributed by atoms with E-state index in [1.807, 2.05) is 6.92 Å². The average molecular weight is 499 g/mol. The van der Waals surface area contributed by atoms with Crippen LogP contribution >= 0.6 is 11.6 Å². The fraction of sp³-hybridized carbons (Fsp3) is 0.280. The van der Waals surface area contributed by atoms with Gasteiger partial charge in [-0.1, -0.05) is 17.7 Å². The van der Waals surface area contributed by atoms with Crippen LogP contribution in [0.25, 0.3) is 11.3 Å². The summed E-state index contributed by atoms with van der Waals surface area (Å²) in [5, 5.41) is 3.53. The van der Waals surface area contributed by atoms with E-state index in [1.165, 1.54) is 23.4 Å². The maximum absolute atomic E-state index is 14.4. The van der Waals surface area contributed by atoms with Crippen LogP contribution in [0.15, 0.2) is 42.7 Å². The quantitative estimate of drug-likeness (QED) is 0.434. The minimum atomic E-state index is -0.476. The van der Waals surface area contributed by atoms with Gasteiger partial charge in [-0.15, -0.1) is 0 Å². The maximum Gasteiger partial charge on any atom is 0.341 e. The van der Waals surface area contributed by atoms with Gasteiger partial charge >= 0.3 is 5.97 Å². The van der Waals surface area contributed by atoms with E-state index in [9.17, 15) is 14.0 Å². The summed E-state index contributed by atoms with van der Waals surface area (Å²) >= 11 is 6.14. The summed E-state index contributed by atoms with van der Waals surface area (Å²) in [7, 11) is 0. The second-order valence-electron chi connectivity index (χ2n) is 7.66. The molecule has 0 spiro atoms. The normalized spacial score (nSPS) is 12.5. The van der Waals surface area contributed by atoms with E-state index in [0.29, 0.717) is 46.6 Å².